The summed E-state index contributed by atoms with van der Waals surface area (Å²) in [4.78, 5) is 48.7. The molecule has 9 N–H and O–H groups in total. The van der Waals surface area contributed by atoms with Crippen LogP contribution >= 0.6 is 11.8 Å². The summed E-state index contributed by atoms with van der Waals surface area (Å²) in [6.07, 6.45) is 3.97. The van der Waals surface area contributed by atoms with Gasteiger partial charge < -0.3 is 37.6 Å². The number of carbonyl (C=O) groups is 4. The molecule has 31 heavy (non-hydrogen) atoms. The molecule has 4 atom stereocenters. The largest absolute Gasteiger partial charge is 0.480 e. The van der Waals surface area contributed by atoms with Gasteiger partial charge in [0.05, 0.1) is 12.6 Å². The minimum Gasteiger partial charge on any atom is -0.480 e. The fourth-order valence-corrected chi connectivity index (χ4v) is 3.13. The fourth-order valence-electron chi connectivity index (χ4n) is 2.66. The number of rotatable bonds is 16. The highest BCUT2D eigenvalue weighted by Crippen LogP contribution is 2.05. The van der Waals surface area contributed by atoms with Crippen LogP contribution in [0.2, 0.25) is 0 Å². The van der Waals surface area contributed by atoms with E-state index in [1.807, 2.05) is 6.26 Å². The zero-order valence-corrected chi connectivity index (χ0v) is 19.2. The van der Waals surface area contributed by atoms with Gasteiger partial charge in [0, 0.05) is 0 Å². The van der Waals surface area contributed by atoms with Crippen molar-refractivity contribution in [2.45, 2.75) is 63.7 Å². The number of aliphatic hydroxyl groups is 1. The molecule has 0 aliphatic heterocycles. The van der Waals surface area contributed by atoms with Gasteiger partial charge in [-0.2, -0.15) is 11.8 Å². The second kappa shape index (κ2) is 15.8. The van der Waals surface area contributed by atoms with Crippen molar-refractivity contribution in [2.24, 2.45) is 17.4 Å². The van der Waals surface area contributed by atoms with Crippen LogP contribution in [0.4, 0.5) is 0 Å². The molecule has 0 aliphatic carbocycles. The lowest BCUT2D eigenvalue weighted by Gasteiger charge is -2.25. The number of unbranched alkanes of at least 4 members (excludes halogenated alkanes) is 1. The Hall–Kier alpha value is -1.89. The molecule has 0 aromatic carbocycles. The lowest BCUT2D eigenvalue weighted by molar-refractivity contribution is -0.143. The van der Waals surface area contributed by atoms with Crippen molar-refractivity contribution in [3.8, 4) is 0 Å². The van der Waals surface area contributed by atoms with Gasteiger partial charge in [0.2, 0.25) is 17.7 Å². The Kier molecular flexibility index (Phi) is 14.9. The van der Waals surface area contributed by atoms with E-state index in [1.54, 1.807) is 13.8 Å². The van der Waals surface area contributed by atoms with Gasteiger partial charge in [-0.15, -0.1) is 0 Å². The first-order valence-electron chi connectivity index (χ1n) is 10.3. The standard InChI is InChI=1S/C19H37N5O6S/c1-11(2)15(19(29)30)24-18(28)14(10-25)23-17(27)13(7-9-31-3)22-16(26)12(21)6-4-5-8-20/h11-15,25H,4-10,20-21H2,1-3H3,(H,22,26)(H,23,27)(H,24,28)(H,29,30)/t12-,13-,14-,15-/m0/s1. The van der Waals surface area contributed by atoms with Gasteiger partial charge in [-0.25, -0.2) is 4.79 Å². The average Bonchev–Trinajstić information content (AvgIpc) is 2.71. The van der Waals surface area contributed by atoms with E-state index < -0.39 is 60.4 Å². The van der Waals surface area contributed by atoms with Crippen LogP contribution in [-0.4, -0.2) is 83.2 Å². The van der Waals surface area contributed by atoms with Gasteiger partial charge in [-0.05, 0) is 43.7 Å². The molecular formula is C19H37N5O6S. The predicted octanol–water partition coefficient (Wildman–Crippen LogP) is -1.62. The monoisotopic (exact) mass is 463 g/mol. The summed E-state index contributed by atoms with van der Waals surface area (Å²) >= 11 is 1.48. The Morgan fingerprint density at radius 1 is 0.935 bits per heavy atom. The Bertz CT molecular complexity index is 592. The van der Waals surface area contributed by atoms with Crippen molar-refractivity contribution in [2.75, 3.05) is 25.2 Å². The van der Waals surface area contributed by atoms with Crippen molar-refractivity contribution < 1.29 is 29.4 Å². The van der Waals surface area contributed by atoms with E-state index in [0.29, 0.717) is 25.1 Å². The van der Waals surface area contributed by atoms with E-state index in [2.05, 4.69) is 16.0 Å². The molecule has 0 saturated carbocycles. The van der Waals surface area contributed by atoms with Crippen molar-refractivity contribution in [3.63, 3.8) is 0 Å². The molecule has 0 aliphatic rings. The number of nitrogens with two attached hydrogens (primary N) is 2. The summed E-state index contributed by atoms with van der Waals surface area (Å²) in [5.41, 5.74) is 11.3. The second-order valence-corrected chi connectivity index (χ2v) is 8.53. The highest BCUT2D eigenvalue weighted by atomic mass is 32.2. The fraction of sp³-hybridized carbons (Fsp3) is 0.789. The highest BCUT2D eigenvalue weighted by Gasteiger charge is 2.30. The molecule has 0 spiro atoms. The Labute approximate surface area is 187 Å². The Balaban J connectivity index is 5.11. The van der Waals surface area contributed by atoms with Crippen molar-refractivity contribution in [1.29, 1.82) is 0 Å². The quantitative estimate of drug-likeness (QED) is 0.132. The van der Waals surface area contributed by atoms with E-state index in [9.17, 15) is 29.4 Å². The minimum atomic E-state index is -1.36. The molecule has 3 amide bonds. The molecule has 0 bridgehead atoms. The zero-order chi connectivity index (χ0) is 24.0. The van der Waals surface area contributed by atoms with E-state index >= 15 is 0 Å². The summed E-state index contributed by atoms with van der Waals surface area (Å²) in [7, 11) is 0. The van der Waals surface area contributed by atoms with Gasteiger partial charge in [0.25, 0.3) is 0 Å². The SMILES string of the molecule is CSCC[C@H](NC(=O)[C@@H](N)CCCCN)C(=O)N[C@@H](CO)C(=O)N[C@H](C(=O)O)C(C)C. The highest BCUT2D eigenvalue weighted by molar-refractivity contribution is 7.98. The van der Waals surface area contributed by atoms with Gasteiger partial charge in [0.1, 0.15) is 18.1 Å². The molecule has 180 valence electrons. The summed E-state index contributed by atoms with van der Waals surface area (Å²) in [5, 5.41) is 26.0. The summed E-state index contributed by atoms with van der Waals surface area (Å²) < 4.78 is 0. The summed E-state index contributed by atoms with van der Waals surface area (Å²) in [6.45, 7) is 3.01. The molecule has 0 aromatic heterocycles. The van der Waals surface area contributed by atoms with Crippen LogP contribution in [0.25, 0.3) is 0 Å². The smallest absolute Gasteiger partial charge is 0.326 e. The third kappa shape index (κ3) is 11.3. The first-order valence-corrected chi connectivity index (χ1v) is 11.7. The molecule has 11 nitrogen and oxygen atoms in total. The van der Waals surface area contributed by atoms with Crippen molar-refractivity contribution in [1.82, 2.24) is 16.0 Å². The Morgan fingerprint density at radius 3 is 2.00 bits per heavy atom. The van der Waals surface area contributed by atoms with E-state index in [0.717, 1.165) is 6.42 Å². The number of amides is 3. The molecular weight excluding hydrogens is 426 g/mol. The van der Waals surface area contributed by atoms with Gasteiger partial charge in [-0.1, -0.05) is 20.3 Å². The first kappa shape index (κ1) is 29.1. The van der Waals surface area contributed by atoms with Crippen LogP contribution < -0.4 is 27.4 Å². The topological polar surface area (TPSA) is 197 Å². The van der Waals surface area contributed by atoms with Crippen molar-refractivity contribution >= 4 is 35.5 Å². The zero-order valence-electron chi connectivity index (χ0n) is 18.4. The van der Waals surface area contributed by atoms with Crippen molar-refractivity contribution in [3.05, 3.63) is 0 Å². The predicted molar refractivity (Wildman–Crippen MR) is 119 cm³/mol. The molecule has 0 aromatic rings. The normalized spacial score (nSPS) is 14.9. The molecule has 0 saturated heterocycles. The Morgan fingerprint density at radius 2 is 1.52 bits per heavy atom. The number of hydrogen-bond donors (Lipinski definition) is 7. The van der Waals surface area contributed by atoms with Crippen LogP contribution in [0.5, 0.6) is 0 Å². The van der Waals surface area contributed by atoms with Gasteiger partial charge in [0.15, 0.2) is 0 Å². The van der Waals surface area contributed by atoms with Gasteiger partial charge >= 0.3 is 5.97 Å². The second-order valence-electron chi connectivity index (χ2n) is 7.55. The maximum Gasteiger partial charge on any atom is 0.326 e. The molecule has 0 unspecified atom stereocenters. The molecule has 0 fully saturated rings. The van der Waals surface area contributed by atoms with E-state index in [1.165, 1.54) is 11.8 Å². The summed E-state index contributed by atoms with van der Waals surface area (Å²) in [6, 6.07) is -4.28. The molecule has 0 radical (unpaired) electrons. The maximum absolute atomic E-state index is 12.7. The van der Waals surface area contributed by atoms with E-state index in [4.69, 9.17) is 11.5 Å². The lowest BCUT2D eigenvalue weighted by atomic mass is 10.0. The van der Waals surface area contributed by atoms with E-state index in [-0.39, 0.29) is 6.42 Å². The van der Waals surface area contributed by atoms with Gasteiger partial charge in [-0.3, -0.25) is 14.4 Å². The molecule has 0 heterocycles. The third-order valence-corrected chi connectivity index (χ3v) is 5.24. The van der Waals surface area contributed by atoms with Crippen LogP contribution in [-0.2, 0) is 19.2 Å². The van der Waals surface area contributed by atoms with Crippen LogP contribution in [0, 0.1) is 5.92 Å². The number of hydrogen-bond acceptors (Lipinski definition) is 8. The number of carboxylic acids is 1. The third-order valence-electron chi connectivity index (χ3n) is 4.60. The number of nitrogens with one attached hydrogen (secondary N) is 3. The number of aliphatic hydroxyl groups excluding tert-OH is 1. The van der Waals surface area contributed by atoms with Crippen LogP contribution in [0.3, 0.4) is 0 Å². The number of carbonyl (C=O) groups excluding carboxylic acids is 3. The average molecular weight is 464 g/mol. The minimum absolute atomic E-state index is 0.289. The number of aliphatic carboxylic acids is 1. The van der Waals surface area contributed by atoms with Crippen LogP contribution in [0.1, 0.15) is 39.5 Å². The number of carboxylic acid groups (broad SMARTS) is 1. The lowest BCUT2D eigenvalue weighted by Crippen LogP contribution is -2.58. The summed E-state index contributed by atoms with van der Waals surface area (Å²) in [5.74, 6) is -3.04. The molecule has 0 rings (SSSR count). The number of thioether (sulfide) groups is 1. The van der Waals surface area contributed by atoms with Crippen LogP contribution in [0.15, 0.2) is 0 Å². The maximum atomic E-state index is 12.7. The molecule has 12 heteroatoms. The first-order chi connectivity index (χ1) is 14.6.